The number of para-hydroxylation sites is 2. The third kappa shape index (κ3) is 3.47. The highest BCUT2D eigenvalue weighted by Gasteiger charge is 2.31. The van der Waals surface area contributed by atoms with E-state index < -0.39 is 23.5 Å². The molecule has 1 aliphatic heterocycles. The van der Waals surface area contributed by atoms with E-state index in [2.05, 4.69) is 10.3 Å². The van der Waals surface area contributed by atoms with Gasteiger partial charge in [0.25, 0.3) is 11.5 Å². The third-order valence-corrected chi connectivity index (χ3v) is 4.64. The first-order chi connectivity index (χ1) is 13.9. The molecule has 0 spiro atoms. The summed E-state index contributed by atoms with van der Waals surface area (Å²) in [5.74, 6) is -1.71. The summed E-state index contributed by atoms with van der Waals surface area (Å²) < 4.78 is 5.27. The second-order valence-electron chi connectivity index (χ2n) is 6.64. The van der Waals surface area contributed by atoms with Crippen molar-refractivity contribution in [2.24, 2.45) is 0 Å². The Labute approximate surface area is 165 Å². The number of H-pyrrole nitrogens is 1. The van der Waals surface area contributed by atoms with Gasteiger partial charge in [0.1, 0.15) is 12.2 Å². The van der Waals surface area contributed by atoms with Gasteiger partial charge in [-0.05, 0) is 36.6 Å². The van der Waals surface area contributed by atoms with Gasteiger partial charge in [0.05, 0.1) is 11.4 Å². The summed E-state index contributed by atoms with van der Waals surface area (Å²) in [5.41, 5.74) is 0.564. The van der Waals surface area contributed by atoms with Crippen LogP contribution in [0.3, 0.4) is 0 Å². The van der Waals surface area contributed by atoms with Gasteiger partial charge in [-0.25, -0.2) is 4.79 Å². The van der Waals surface area contributed by atoms with Crippen LogP contribution < -0.4 is 15.8 Å². The minimum absolute atomic E-state index is 0.0508. The van der Waals surface area contributed by atoms with E-state index in [9.17, 15) is 19.2 Å². The Bertz CT molecular complexity index is 1200. The van der Waals surface area contributed by atoms with Crippen LogP contribution in [-0.4, -0.2) is 35.4 Å². The molecule has 0 radical (unpaired) electrons. The Hall–Kier alpha value is -3.94. The summed E-state index contributed by atoms with van der Waals surface area (Å²) in [6.07, 6.45) is -1.16. The molecule has 2 N–H and O–H groups in total. The van der Waals surface area contributed by atoms with Crippen LogP contribution >= 0.6 is 0 Å². The van der Waals surface area contributed by atoms with E-state index in [-0.39, 0.29) is 18.1 Å². The molecule has 0 unspecified atom stereocenters. The summed E-state index contributed by atoms with van der Waals surface area (Å²) in [6, 6.07) is 15.2. The largest absolute Gasteiger partial charge is 0.448 e. The van der Waals surface area contributed by atoms with Crippen molar-refractivity contribution in [2.45, 2.75) is 13.0 Å². The van der Waals surface area contributed by atoms with E-state index in [1.54, 1.807) is 48.5 Å². The Balaban J connectivity index is 1.56. The molecule has 1 aromatic heterocycles. The molecule has 3 aromatic rings. The fourth-order valence-electron chi connectivity index (χ4n) is 3.24. The number of anilines is 2. The highest BCUT2D eigenvalue weighted by Crippen LogP contribution is 2.29. The van der Waals surface area contributed by atoms with E-state index in [0.717, 1.165) is 0 Å². The zero-order valence-corrected chi connectivity index (χ0v) is 15.5. The van der Waals surface area contributed by atoms with Gasteiger partial charge in [0.2, 0.25) is 5.91 Å². The monoisotopic (exact) mass is 391 g/mol. The first-order valence-electron chi connectivity index (χ1n) is 8.97. The van der Waals surface area contributed by atoms with Crippen molar-refractivity contribution in [2.75, 3.05) is 16.8 Å². The predicted molar refractivity (Wildman–Crippen MR) is 107 cm³/mol. The first-order valence-corrected chi connectivity index (χ1v) is 8.97. The van der Waals surface area contributed by atoms with Crippen LogP contribution in [0.4, 0.5) is 11.4 Å². The van der Waals surface area contributed by atoms with Gasteiger partial charge in [0, 0.05) is 5.39 Å². The standard InChI is InChI=1S/C21H17N3O5/c1-12(20(27)24-11-18(25)22-15-8-4-5-9-17(15)24)29-21(28)16-10-13-6-2-3-7-14(13)19(26)23-16/h2-10,12H,11H2,1H3,(H,22,25)(H,23,26)/t12-/m0/s1. The van der Waals surface area contributed by atoms with Gasteiger partial charge in [0.15, 0.2) is 6.10 Å². The molecule has 2 amide bonds. The van der Waals surface area contributed by atoms with Crippen molar-refractivity contribution >= 4 is 39.9 Å². The van der Waals surface area contributed by atoms with Crippen LogP contribution in [0.15, 0.2) is 59.4 Å². The van der Waals surface area contributed by atoms with Crippen LogP contribution in [-0.2, 0) is 14.3 Å². The normalized spacial score (nSPS) is 14.1. The number of aromatic amines is 1. The Kier molecular flexibility index (Phi) is 4.59. The number of carbonyl (C=O) groups is 3. The predicted octanol–water partition coefficient (Wildman–Crippen LogP) is 2.06. The molecule has 0 aliphatic carbocycles. The van der Waals surface area contributed by atoms with Gasteiger partial charge in [-0.15, -0.1) is 0 Å². The minimum atomic E-state index is -1.16. The Morgan fingerprint density at radius 1 is 1.07 bits per heavy atom. The lowest BCUT2D eigenvalue weighted by atomic mass is 10.1. The lowest BCUT2D eigenvalue weighted by Gasteiger charge is -2.30. The number of amides is 2. The van der Waals surface area contributed by atoms with Gasteiger partial charge < -0.3 is 15.0 Å². The van der Waals surface area contributed by atoms with Crippen LogP contribution in [0, 0.1) is 0 Å². The average molecular weight is 391 g/mol. The number of ether oxygens (including phenoxy) is 1. The van der Waals surface area contributed by atoms with E-state index in [1.165, 1.54) is 17.9 Å². The second kappa shape index (κ2) is 7.23. The van der Waals surface area contributed by atoms with Crippen molar-refractivity contribution in [1.82, 2.24) is 4.98 Å². The number of rotatable bonds is 3. The summed E-state index contributed by atoms with van der Waals surface area (Å²) in [6.45, 7) is 1.25. The SMILES string of the molecule is C[C@H](OC(=O)c1cc2ccccc2c(=O)[nH]1)C(=O)N1CC(=O)Nc2ccccc21. The highest BCUT2D eigenvalue weighted by molar-refractivity contribution is 6.11. The fourth-order valence-corrected chi connectivity index (χ4v) is 3.24. The Morgan fingerprint density at radius 3 is 2.62 bits per heavy atom. The minimum Gasteiger partial charge on any atom is -0.448 e. The molecule has 2 heterocycles. The number of pyridine rings is 1. The van der Waals surface area contributed by atoms with E-state index in [4.69, 9.17) is 4.74 Å². The number of carbonyl (C=O) groups excluding carboxylic acids is 3. The molecular weight excluding hydrogens is 374 g/mol. The molecule has 146 valence electrons. The van der Waals surface area contributed by atoms with Gasteiger partial charge >= 0.3 is 5.97 Å². The molecule has 29 heavy (non-hydrogen) atoms. The molecule has 8 heteroatoms. The van der Waals surface area contributed by atoms with E-state index in [1.807, 2.05) is 0 Å². The number of esters is 1. The van der Waals surface area contributed by atoms with Crippen LogP contribution in [0.25, 0.3) is 10.8 Å². The number of hydrogen-bond acceptors (Lipinski definition) is 5. The van der Waals surface area contributed by atoms with Gasteiger partial charge in [-0.1, -0.05) is 30.3 Å². The maximum atomic E-state index is 12.8. The third-order valence-electron chi connectivity index (χ3n) is 4.64. The van der Waals surface area contributed by atoms with Gasteiger partial charge in [-0.3, -0.25) is 19.3 Å². The topological polar surface area (TPSA) is 109 Å². The molecule has 2 aromatic carbocycles. The lowest BCUT2D eigenvalue weighted by molar-refractivity contribution is -0.128. The van der Waals surface area contributed by atoms with Crippen molar-refractivity contribution in [3.8, 4) is 0 Å². The van der Waals surface area contributed by atoms with Crippen molar-refractivity contribution in [1.29, 1.82) is 0 Å². The zero-order chi connectivity index (χ0) is 20.5. The number of hydrogen-bond donors (Lipinski definition) is 2. The summed E-state index contributed by atoms with van der Waals surface area (Å²) in [5, 5.41) is 3.73. The Morgan fingerprint density at radius 2 is 1.79 bits per heavy atom. The molecule has 0 bridgehead atoms. The van der Waals surface area contributed by atoms with Gasteiger partial charge in [-0.2, -0.15) is 0 Å². The van der Waals surface area contributed by atoms with E-state index >= 15 is 0 Å². The molecule has 1 aliphatic rings. The molecule has 0 saturated carbocycles. The number of nitrogens with one attached hydrogen (secondary N) is 2. The van der Waals surface area contributed by atoms with Crippen molar-refractivity contribution in [3.05, 3.63) is 70.6 Å². The molecular formula is C21H17N3O5. The fraction of sp³-hybridized carbons (Fsp3) is 0.143. The summed E-state index contributed by atoms with van der Waals surface area (Å²) in [4.78, 5) is 53.2. The molecule has 1 atom stereocenters. The van der Waals surface area contributed by atoms with Crippen LogP contribution in [0.1, 0.15) is 17.4 Å². The summed E-state index contributed by atoms with van der Waals surface area (Å²) in [7, 11) is 0. The number of nitrogens with zero attached hydrogens (tertiary/aromatic N) is 1. The highest BCUT2D eigenvalue weighted by atomic mass is 16.5. The molecule has 0 fully saturated rings. The molecule has 8 nitrogen and oxygen atoms in total. The average Bonchev–Trinajstić information content (AvgIpc) is 2.72. The van der Waals surface area contributed by atoms with Crippen LogP contribution in [0.5, 0.6) is 0 Å². The second-order valence-corrected chi connectivity index (χ2v) is 6.64. The zero-order valence-electron chi connectivity index (χ0n) is 15.5. The van der Waals surface area contributed by atoms with E-state index in [0.29, 0.717) is 22.1 Å². The number of aromatic nitrogens is 1. The quantitative estimate of drug-likeness (QED) is 0.665. The smallest absolute Gasteiger partial charge is 0.355 e. The molecule has 4 rings (SSSR count). The molecule has 0 saturated heterocycles. The maximum absolute atomic E-state index is 12.8. The summed E-state index contributed by atoms with van der Waals surface area (Å²) >= 11 is 0. The number of fused-ring (bicyclic) bond motifs is 2. The number of benzene rings is 2. The lowest BCUT2D eigenvalue weighted by Crippen LogP contribution is -2.47. The van der Waals surface area contributed by atoms with Crippen molar-refractivity contribution < 1.29 is 19.1 Å². The van der Waals surface area contributed by atoms with Crippen LogP contribution in [0.2, 0.25) is 0 Å². The van der Waals surface area contributed by atoms with Crippen molar-refractivity contribution in [3.63, 3.8) is 0 Å². The first kappa shape index (κ1) is 18.4. The maximum Gasteiger partial charge on any atom is 0.355 e.